The van der Waals surface area contributed by atoms with Crippen LogP contribution < -0.4 is 5.73 Å². The predicted molar refractivity (Wildman–Crippen MR) is 73.9 cm³/mol. The van der Waals surface area contributed by atoms with E-state index in [0.717, 1.165) is 12.0 Å². The lowest BCUT2D eigenvalue weighted by atomic mass is 10.2. The lowest BCUT2D eigenvalue weighted by molar-refractivity contribution is 0.335. The van der Waals surface area contributed by atoms with Gasteiger partial charge >= 0.3 is 0 Å². The molecule has 1 rings (SSSR count). The highest BCUT2D eigenvalue weighted by Gasteiger charge is 2.27. The molecule has 0 radical (unpaired) electrons. The Morgan fingerprint density at radius 3 is 2.56 bits per heavy atom. The van der Waals surface area contributed by atoms with Crippen LogP contribution in [0.3, 0.4) is 0 Å². The topological polar surface area (TPSA) is 63.4 Å². The van der Waals surface area contributed by atoms with Crippen molar-refractivity contribution in [2.75, 3.05) is 13.1 Å². The number of nitrogens with two attached hydrogens (primary N) is 1. The highest BCUT2D eigenvalue weighted by atomic mass is 32.2. The van der Waals surface area contributed by atoms with E-state index in [-0.39, 0.29) is 6.04 Å². The third-order valence-corrected chi connectivity index (χ3v) is 5.04. The predicted octanol–water partition coefficient (Wildman–Crippen LogP) is 1.74. The molecule has 18 heavy (non-hydrogen) atoms. The summed E-state index contributed by atoms with van der Waals surface area (Å²) in [5, 5.41) is 0. The minimum atomic E-state index is -3.44. The molecule has 5 heteroatoms. The molecule has 1 atom stereocenters. The molecule has 0 aliphatic carbocycles. The highest BCUT2D eigenvalue weighted by molar-refractivity contribution is 7.89. The van der Waals surface area contributed by atoms with Crippen molar-refractivity contribution in [1.29, 1.82) is 0 Å². The van der Waals surface area contributed by atoms with Gasteiger partial charge in [-0.25, -0.2) is 8.42 Å². The smallest absolute Gasteiger partial charge is 0.243 e. The maximum absolute atomic E-state index is 12.5. The molecule has 0 aliphatic heterocycles. The van der Waals surface area contributed by atoms with Crippen LogP contribution in [0.5, 0.6) is 0 Å². The van der Waals surface area contributed by atoms with Gasteiger partial charge in [0.1, 0.15) is 0 Å². The summed E-state index contributed by atoms with van der Waals surface area (Å²) in [7, 11) is -3.44. The Morgan fingerprint density at radius 1 is 1.39 bits per heavy atom. The fraction of sp³-hybridized carbons (Fsp3) is 0.538. The van der Waals surface area contributed by atoms with E-state index in [1.807, 2.05) is 26.8 Å². The van der Waals surface area contributed by atoms with Gasteiger partial charge in [0.2, 0.25) is 10.0 Å². The second-order valence-corrected chi connectivity index (χ2v) is 6.37. The molecule has 0 fully saturated rings. The van der Waals surface area contributed by atoms with Crippen LogP contribution in [0.4, 0.5) is 0 Å². The first-order valence-electron chi connectivity index (χ1n) is 6.22. The van der Waals surface area contributed by atoms with Gasteiger partial charge in [0.05, 0.1) is 4.90 Å². The highest BCUT2D eigenvalue weighted by Crippen LogP contribution is 2.20. The molecule has 102 valence electrons. The Morgan fingerprint density at radius 2 is 2.06 bits per heavy atom. The summed E-state index contributed by atoms with van der Waals surface area (Å²) >= 11 is 0. The summed E-state index contributed by atoms with van der Waals surface area (Å²) in [6.07, 6.45) is 0.769. The minimum Gasteiger partial charge on any atom is -0.329 e. The van der Waals surface area contributed by atoms with Crippen molar-refractivity contribution in [3.05, 3.63) is 29.8 Å². The maximum Gasteiger partial charge on any atom is 0.243 e. The standard InChI is InChI=1S/C13H22N2O2S/c1-4-12(3)15(9-8-14)18(16,17)13-7-5-6-11(2)10-13/h5-7,10,12H,4,8-9,14H2,1-3H3. The van der Waals surface area contributed by atoms with Gasteiger partial charge < -0.3 is 5.73 Å². The summed E-state index contributed by atoms with van der Waals surface area (Å²) in [6, 6.07) is 6.93. The van der Waals surface area contributed by atoms with Gasteiger partial charge in [0.15, 0.2) is 0 Å². The van der Waals surface area contributed by atoms with Gasteiger partial charge in [-0.15, -0.1) is 0 Å². The third kappa shape index (κ3) is 3.31. The third-order valence-electron chi connectivity index (χ3n) is 3.03. The van der Waals surface area contributed by atoms with Crippen LogP contribution >= 0.6 is 0 Å². The van der Waals surface area contributed by atoms with Crippen molar-refractivity contribution < 1.29 is 8.42 Å². The molecule has 0 aromatic heterocycles. The quantitative estimate of drug-likeness (QED) is 0.856. The molecule has 4 nitrogen and oxygen atoms in total. The minimum absolute atomic E-state index is 0.0425. The number of nitrogens with zero attached hydrogens (tertiary/aromatic N) is 1. The molecule has 0 heterocycles. The lowest BCUT2D eigenvalue weighted by Crippen LogP contribution is -2.41. The van der Waals surface area contributed by atoms with E-state index in [9.17, 15) is 8.42 Å². The van der Waals surface area contributed by atoms with E-state index < -0.39 is 10.0 Å². The summed E-state index contributed by atoms with van der Waals surface area (Å²) in [5.74, 6) is 0. The van der Waals surface area contributed by atoms with Crippen molar-refractivity contribution in [1.82, 2.24) is 4.31 Å². The summed E-state index contributed by atoms with van der Waals surface area (Å²) in [5.41, 5.74) is 6.46. The van der Waals surface area contributed by atoms with Gasteiger partial charge in [0.25, 0.3) is 0 Å². The van der Waals surface area contributed by atoms with E-state index in [1.165, 1.54) is 4.31 Å². The molecule has 1 aromatic rings. The molecule has 0 aliphatic rings. The molecule has 1 aromatic carbocycles. The van der Waals surface area contributed by atoms with E-state index >= 15 is 0 Å². The van der Waals surface area contributed by atoms with Crippen LogP contribution in [0, 0.1) is 6.92 Å². The molecule has 0 bridgehead atoms. The molecule has 1 unspecified atom stereocenters. The zero-order chi connectivity index (χ0) is 13.8. The van der Waals surface area contributed by atoms with Crippen molar-refractivity contribution in [3.8, 4) is 0 Å². The number of hydrogen-bond acceptors (Lipinski definition) is 3. The first-order chi connectivity index (χ1) is 8.43. The number of sulfonamides is 1. The van der Waals surface area contributed by atoms with E-state index in [1.54, 1.807) is 18.2 Å². The van der Waals surface area contributed by atoms with Crippen molar-refractivity contribution in [3.63, 3.8) is 0 Å². The monoisotopic (exact) mass is 270 g/mol. The average Bonchev–Trinajstić information content (AvgIpc) is 2.35. The summed E-state index contributed by atoms with van der Waals surface area (Å²) < 4.78 is 26.6. The largest absolute Gasteiger partial charge is 0.329 e. The normalized spacial score (nSPS) is 13.8. The molecule has 0 saturated heterocycles. The second kappa shape index (κ2) is 6.31. The zero-order valence-corrected chi connectivity index (χ0v) is 12.1. The van der Waals surface area contributed by atoms with Crippen LogP contribution in [0.25, 0.3) is 0 Å². The summed E-state index contributed by atoms with van der Waals surface area (Å²) in [4.78, 5) is 0.344. The van der Waals surface area contributed by atoms with Crippen molar-refractivity contribution in [2.24, 2.45) is 5.73 Å². The van der Waals surface area contributed by atoms with Crippen LogP contribution in [0.15, 0.2) is 29.2 Å². The first kappa shape index (κ1) is 15.1. The number of rotatable bonds is 6. The van der Waals surface area contributed by atoms with Crippen LogP contribution in [0.1, 0.15) is 25.8 Å². The van der Waals surface area contributed by atoms with E-state index in [0.29, 0.717) is 18.0 Å². The van der Waals surface area contributed by atoms with E-state index in [4.69, 9.17) is 5.73 Å². The Hall–Kier alpha value is -0.910. The number of hydrogen-bond donors (Lipinski definition) is 1. The first-order valence-corrected chi connectivity index (χ1v) is 7.66. The number of aryl methyl sites for hydroxylation is 1. The van der Waals surface area contributed by atoms with Crippen LogP contribution in [-0.2, 0) is 10.0 Å². The fourth-order valence-corrected chi connectivity index (χ4v) is 3.64. The Bertz CT molecular complexity index is 486. The summed E-state index contributed by atoms with van der Waals surface area (Å²) in [6.45, 7) is 6.44. The van der Waals surface area contributed by atoms with Gasteiger partial charge in [-0.3, -0.25) is 0 Å². The Balaban J connectivity index is 3.16. The van der Waals surface area contributed by atoms with Crippen LogP contribution in [0.2, 0.25) is 0 Å². The maximum atomic E-state index is 12.5. The van der Waals surface area contributed by atoms with Crippen molar-refractivity contribution in [2.45, 2.75) is 38.1 Å². The van der Waals surface area contributed by atoms with E-state index in [2.05, 4.69) is 0 Å². The Kier molecular flexibility index (Phi) is 5.31. The number of benzene rings is 1. The second-order valence-electron chi connectivity index (χ2n) is 4.48. The van der Waals surface area contributed by atoms with Gasteiger partial charge in [-0.1, -0.05) is 19.1 Å². The molecule has 0 amide bonds. The lowest BCUT2D eigenvalue weighted by Gasteiger charge is -2.27. The Labute approximate surface area is 110 Å². The molecular formula is C13H22N2O2S. The van der Waals surface area contributed by atoms with Gasteiger partial charge in [-0.05, 0) is 38.0 Å². The van der Waals surface area contributed by atoms with Gasteiger partial charge in [0, 0.05) is 19.1 Å². The molecule has 2 N–H and O–H groups in total. The molecule has 0 spiro atoms. The average molecular weight is 270 g/mol. The molecular weight excluding hydrogens is 248 g/mol. The van der Waals surface area contributed by atoms with Crippen LogP contribution in [-0.4, -0.2) is 31.9 Å². The molecule has 0 saturated carbocycles. The zero-order valence-electron chi connectivity index (χ0n) is 11.3. The van der Waals surface area contributed by atoms with Gasteiger partial charge in [-0.2, -0.15) is 4.31 Å². The SMILES string of the molecule is CCC(C)N(CCN)S(=O)(=O)c1cccc(C)c1. The van der Waals surface area contributed by atoms with Crippen molar-refractivity contribution >= 4 is 10.0 Å². The fourth-order valence-electron chi connectivity index (χ4n) is 1.82.